The number of nitrogen functional groups attached to an aromatic ring is 1. The summed E-state index contributed by atoms with van der Waals surface area (Å²) in [6, 6.07) is 8.39. The van der Waals surface area contributed by atoms with E-state index in [4.69, 9.17) is 5.73 Å². The molecule has 0 atom stereocenters. The maximum absolute atomic E-state index is 6.06. The first-order valence-corrected chi connectivity index (χ1v) is 7.44. The van der Waals surface area contributed by atoms with Crippen LogP contribution in [-0.2, 0) is 6.42 Å². The Bertz CT molecular complexity index is 565. The van der Waals surface area contributed by atoms with Crippen LogP contribution in [0.4, 0.5) is 23.0 Å². The van der Waals surface area contributed by atoms with Crippen molar-refractivity contribution in [2.24, 2.45) is 0 Å². The summed E-state index contributed by atoms with van der Waals surface area (Å²) < 4.78 is 0. The van der Waals surface area contributed by atoms with Gasteiger partial charge in [-0.3, -0.25) is 0 Å². The summed E-state index contributed by atoms with van der Waals surface area (Å²) in [6.07, 6.45) is 5.06. The van der Waals surface area contributed by atoms with E-state index in [9.17, 15) is 0 Å². The fourth-order valence-electron chi connectivity index (χ4n) is 2.08. The van der Waals surface area contributed by atoms with E-state index in [0.29, 0.717) is 17.3 Å². The molecule has 0 radical (unpaired) electrons. The van der Waals surface area contributed by atoms with E-state index < -0.39 is 0 Å². The van der Waals surface area contributed by atoms with Crippen LogP contribution in [0, 0.1) is 0 Å². The number of hydrogen-bond acceptors (Lipinski definition) is 5. The predicted molar refractivity (Wildman–Crippen MR) is 88.9 cm³/mol. The Morgan fingerprint density at radius 1 is 1.05 bits per heavy atom. The van der Waals surface area contributed by atoms with Gasteiger partial charge in [-0.05, 0) is 37.5 Å². The highest BCUT2D eigenvalue weighted by atomic mass is 15.1. The molecule has 0 saturated heterocycles. The van der Waals surface area contributed by atoms with Crippen molar-refractivity contribution in [3.8, 4) is 0 Å². The molecule has 2 rings (SSSR count). The zero-order chi connectivity index (χ0) is 15.1. The third-order valence-electron chi connectivity index (χ3n) is 3.26. The van der Waals surface area contributed by atoms with Gasteiger partial charge in [0.1, 0.15) is 12.0 Å². The molecule has 0 aliphatic carbocycles. The molecule has 0 aliphatic rings. The highest BCUT2D eigenvalue weighted by Crippen LogP contribution is 2.25. The summed E-state index contributed by atoms with van der Waals surface area (Å²) in [5.74, 6) is 1.29. The summed E-state index contributed by atoms with van der Waals surface area (Å²) in [7, 11) is 0. The molecule has 1 aromatic carbocycles. The van der Waals surface area contributed by atoms with Crippen LogP contribution in [0.2, 0.25) is 0 Å². The van der Waals surface area contributed by atoms with Crippen LogP contribution >= 0.6 is 0 Å². The molecule has 1 heterocycles. The van der Waals surface area contributed by atoms with E-state index in [-0.39, 0.29) is 0 Å². The zero-order valence-corrected chi connectivity index (χ0v) is 12.7. The zero-order valence-electron chi connectivity index (χ0n) is 12.7. The van der Waals surface area contributed by atoms with Gasteiger partial charge in [0, 0.05) is 12.2 Å². The lowest BCUT2D eigenvalue weighted by Crippen LogP contribution is -2.07. The average molecular weight is 285 g/mol. The van der Waals surface area contributed by atoms with Crippen molar-refractivity contribution >= 4 is 23.0 Å². The van der Waals surface area contributed by atoms with Gasteiger partial charge in [0.2, 0.25) is 0 Å². The van der Waals surface area contributed by atoms with Crippen LogP contribution in [0.5, 0.6) is 0 Å². The first-order chi connectivity index (χ1) is 10.2. The van der Waals surface area contributed by atoms with Crippen LogP contribution < -0.4 is 16.4 Å². The summed E-state index contributed by atoms with van der Waals surface area (Å²) in [5, 5.41) is 6.36. The van der Waals surface area contributed by atoms with E-state index >= 15 is 0 Å². The third-order valence-corrected chi connectivity index (χ3v) is 3.26. The number of nitrogens with one attached hydrogen (secondary N) is 2. The van der Waals surface area contributed by atoms with Crippen molar-refractivity contribution in [1.82, 2.24) is 9.97 Å². The van der Waals surface area contributed by atoms with Crippen LogP contribution in [0.1, 0.15) is 32.3 Å². The third kappa shape index (κ3) is 4.08. The van der Waals surface area contributed by atoms with Crippen molar-refractivity contribution in [2.75, 3.05) is 22.9 Å². The van der Waals surface area contributed by atoms with Gasteiger partial charge in [-0.15, -0.1) is 0 Å². The average Bonchev–Trinajstić information content (AvgIpc) is 2.51. The van der Waals surface area contributed by atoms with Crippen LogP contribution in [0.25, 0.3) is 0 Å². The van der Waals surface area contributed by atoms with E-state index in [1.54, 1.807) is 0 Å². The van der Waals surface area contributed by atoms with E-state index in [0.717, 1.165) is 18.7 Å². The highest BCUT2D eigenvalue weighted by Gasteiger charge is 2.07. The first kappa shape index (κ1) is 15.1. The number of benzene rings is 1. The molecule has 0 unspecified atom stereocenters. The number of aromatic nitrogens is 2. The van der Waals surface area contributed by atoms with Crippen LogP contribution in [-0.4, -0.2) is 16.5 Å². The fraction of sp³-hybridized carbons (Fsp3) is 0.375. The van der Waals surface area contributed by atoms with E-state index in [1.165, 1.54) is 24.7 Å². The van der Waals surface area contributed by atoms with Crippen LogP contribution in [0.3, 0.4) is 0 Å². The number of rotatable bonds is 7. The second-order valence-electron chi connectivity index (χ2n) is 4.94. The molecule has 112 valence electrons. The highest BCUT2D eigenvalue weighted by molar-refractivity contribution is 5.77. The molecular weight excluding hydrogens is 262 g/mol. The Labute approximate surface area is 126 Å². The Morgan fingerprint density at radius 2 is 1.76 bits per heavy atom. The minimum atomic E-state index is 0.536. The predicted octanol–water partition coefficient (Wildman–Crippen LogP) is 3.58. The van der Waals surface area contributed by atoms with Gasteiger partial charge >= 0.3 is 0 Å². The second-order valence-corrected chi connectivity index (χ2v) is 4.94. The quantitative estimate of drug-likeness (QED) is 0.725. The van der Waals surface area contributed by atoms with Crippen molar-refractivity contribution in [1.29, 1.82) is 0 Å². The number of aryl methyl sites for hydroxylation is 1. The molecule has 0 aliphatic heterocycles. The second kappa shape index (κ2) is 7.47. The van der Waals surface area contributed by atoms with Crippen molar-refractivity contribution < 1.29 is 0 Å². The van der Waals surface area contributed by atoms with E-state index in [2.05, 4.69) is 51.8 Å². The van der Waals surface area contributed by atoms with Crippen molar-refractivity contribution in [2.45, 2.75) is 33.1 Å². The molecular formula is C16H23N5. The minimum absolute atomic E-state index is 0.536. The van der Waals surface area contributed by atoms with Gasteiger partial charge in [0.05, 0.1) is 0 Å². The van der Waals surface area contributed by atoms with Gasteiger partial charge < -0.3 is 16.4 Å². The summed E-state index contributed by atoms with van der Waals surface area (Å²) in [6.45, 7) is 4.98. The maximum atomic E-state index is 6.06. The fourth-order valence-corrected chi connectivity index (χ4v) is 2.08. The number of nitrogens with zero attached hydrogens (tertiary/aromatic N) is 2. The maximum Gasteiger partial charge on any atom is 0.159 e. The van der Waals surface area contributed by atoms with E-state index in [1.807, 2.05) is 6.92 Å². The number of anilines is 4. The topological polar surface area (TPSA) is 75.9 Å². The molecule has 0 bridgehead atoms. The summed E-state index contributed by atoms with van der Waals surface area (Å²) in [4.78, 5) is 8.33. The normalized spacial score (nSPS) is 10.4. The lowest BCUT2D eigenvalue weighted by atomic mass is 10.1. The number of hydrogen-bond donors (Lipinski definition) is 3. The first-order valence-electron chi connectivity index (χ1n) is 7.44. The molecule has 2 aromatic rings. The van der Waals surface area contributed by atoms with Crippen molar-refractivity contribution in [3.63, 3.8) is 0 Å². The number of nitrogens with two attached hydrogens (primary N) is 1. The molecule has 0 saturated carbocycles. The Balaban J connectivity index is 2.09. The van der Waals surface area contributed by atoms with Gasteiger partial charge in [-0.2, -0.15) is 0 Å². The Kier molecular flexibility index (Phi) is 5.37. The Hall–Kier alpha value is -2.30. The molecule has 4 N–H and O–H groups in total. The minimum Gasteiger partial charge on any atom is -0.393 e. The largest absolute Gasteiger partial charge is 0.393 e. The Morgan fingerprint density at radius 3 is 2.43 bits per heavy atom. The molecule has 0 amide bonds. The molecule has 5 nitrogen and oxygen atoms in total. The molecule has 21 heavy (non-hydrogen) atoms. The molecule has 0 fully saturated rings. The van der Waals surface area contributed by atoms with Gasteiger partial charge in [0.25, 0.3) is 0 Å². The monoisotopic (exact) mass is 285 g/mol. The molecule has 1 aromatic heterocycles. The molecule has 5 heteroatoms. The lowest BCUT2D eigenvalue weighted by molar-refractivity contribution is 0.795. The number of unbranched alkanes of at least 4 members (excludes halogenated alkanes) is 1. The van der Waals surface area contributed by atoms with Crippen molar-refractivity contribution in [3.05, 3.63) is 36.2 Å². The summed E-state index contributed by atoms with van der Waals surface area (Å²) in [5.41, 5.74) is 8.93. The van der Waals surface area contributed by atoms with Gasteiger partial charge in [-0.25, -0.2) is 9.97 Å². The SMILES string of the molecule is CCCCc1ccc(Nc2ncnc(NCC)c2N)cc1. The smallest absolute Gasteiger partial charge is 0.159 e. The van der Waals surface area contributed by atoms with Gasteiger partial charge in [-0.1, -0.05) is 25.5 Å². The summed E-state index contributed by atoms with van der Waals surface area (Å²) >= 11 is 0. The van der Waals surface area contributed by atoms with Crippen LogP contribution in [0.15, 0.2) is 30.6 Å². The molecule has 0 spiro atoms. The lowest BCUT2D eigenvalue weighted by Gasteiger charge is -2.12. The van der Waals surface area contributed by atoms with Gasteiger partial charge in [0.15, 0.2) is 11.6 Å². The standard InChI is InChI=1S/C16H23N5/c1-3-5-6-12-7-9-13(10-8-12)21-16-14(17)15(18-4-2)19-11-20-16/h7-11H,3-6,17H2,1-2H3,(H2,18,19,20,21).